The summed E-state index contributed by atoms with van der Waals surface area (Å²) >= 11 is 3.38. The fourth-order valence-electron chi connectivity index (χ4n) is 3.51. The Kier molecular flexibility index (Phi) is 4.74. The van der Waals surface area contributed by atoms with Crippen molar-refractivity contribution in [3.05, 3.63) is 58.9 Å². The second-order valence-electron chi connectivity index (χ2n) is 6.92. The van der Waals surface area contributed by atoms with E-state index < -0.39 is 23.9 Å². The van der Waals surface area contributed by atoms with Crippen LogP contribution in [0.25, 0.3) is 11.4 Å². The van der Waals surface area contributed by atoms with E-state index in [1.54, 1.807) is 31.4 Å². The third-order valence-corrected chi connectivity index (χ3v) is 5.58. The predicted octanol–water partition coefficient (Wildman–Crippen LogP) is 3.00. The number of carbonyl (C=O) groups excluding carboxylic acids is 2. The van der Waals surface area contributed by atoms with Gasteiger partial charge in [0, 0.05) is 10.0 Å². The third-order valence-electron chi connectivity index (χ3n) is 5.06. The van der Waals surface area contributed by atoms with Crippen LogP contribution in [0.5, 0.6) is 5.75 Å². The van der Waals surface area contributed by atoms with Crippen molar-refractivity contribution in [2.24, 2.45) is 10.3 Å². The standard InChI is InChI=1S/C20H15BrN6O4/c1-30-14-8-6-13(7-9-14)27-19(28)16-17(20(27)29)26(25-23-16)10-15-22-18(24-31-15)11-2-4-12(21)5-3-11/h2-9,16-17H,10H2,1H3. The van der Waals surface area contributed by atoms with Crippen molar-refractivity contribution in [3.63, 3.8) is 0 Å². The van der Waals surface area contributed by atoms with Crippen LogP contribution in [0.1, 0.15) is 5.89 Å². The predicted molar refractivity (Wildman–Crippen MR) is 111 cm³/mol. The van der Waals surface area contributed by atoms with E-state index in [1.165, 1.54) is 5.01 Å². The molecule has 5 rings (SSSR count). The molecule has 2 amide bonds. The lowest BCUT2D eigenvalue weighted by Gasteiger charge is -2.19. The van der Waals surface area contributed by atoms with Crippen molar-refractivity contribution in [1.29, 1.82) is 0 Å². The number of anilines is 1. The zero-order valence-electron chi connectivity index (χ0n) is 16.2. The molecule has 2 atom stereocenters. The van der Waals surface area contributed by atoms with Crippen LogP contribution in [0.4, 0.5) is 5.69 Å². The Balaban J connectivity index is 1.34. The molecule has 0 N–H and O–H groups in total. The van der Waals surface area contributed by atoms with Crippen molar-refractivity contribution in [1.82, 2.24) is 15.1 Å². The van der Waals surface area contributed by atoms with Crippen molar-refractivity contribution in [2.75, 3.05) is 12.0 Å². The molecule has 2 unspecified atom stereocenters. The van der Waals surface area contributed by atoms with Gasteiger partial charge in [0.2, 0.25) is 11.7 Å². The molecule has 1 fully saturated rings. The summed E-state index contributed by atoms with van der Waals surface area (Å²) in [4.78, 5) is 31.4. The van der Waals surface area contributed by atoms with E-state index in [0.717, 1.165) is 14.9 Å². The smallest absolute Gasteiger partial charge is 0.263 e. The molecule has 0 saturated carbocycles. The molecule has 1 aromatic heterocycles. The van der Waals surface area contributed by atoms with Gasteiger partial charge in [0.25, 0.3) is 11.8 Å². The van der Waals surface area contributed by atoms with Crippen LogP contribution < -0.4 is 9.64 Å². The van der Waals surface area contributed by atoms with Gasteiger partial charge >= 0.3 is 0 Å². The molecular formula is C20H15BrN6O4. The number of rotatable bonds is 5. The highest BCUT2D eigenvalue weighted by molar-refractivity contribution is 9.10. The lowest BCUT2D eigenvalue weighted by atomic mass is 10.1. The Hall–Kier alpha value is -3.60. The number of benzene rings is 2. The molecule has 0 spiro atoms. The van der Waals surface area contributed by atoms with Crippen LogP contribution >= 0.6 is 15.9 Å². The van der Waals surface area contributed by atoms with Crippen LogP contribution in [0.2, 0.25) is 0 Å². The van der Waals surface area contributed by atoms with Crippen LogP contribution in [-0.4, -0.2) is 46.2 Å². The van der Waals surface area contributed by atoms with Gasteiger partial charge < -0.3 is 9.26 Å². The molecule has 10 nitrogen and oxygen atoms in total. The number of amides is 2. The number of hydrogen-bond donors (Lipinski definition) is 0. The Bertz CT molecular complexity index is 1180. The molecule has 0 radical (unpaired) electrons. The lowest BCUT2D eigenvalue weighted by molar-refractivity contribution is -0.123. The average molecular weight is 483 g/mol. The largest absolute Gasteiger partial charge is 0.497 e. The first kappa shape index (κ1) is 19.4. The van der Waals surface area contributed by atoms with Crippen molar-refractivity contribution in [2.45, 2.75) is 18.6 Å². The number of hydrogen-bond acceptors (Lipinski definition) is 9. The number of aromatic nitrogens is 2. The summed E-state index contributed by atoms with van der Waals surface area (Å²) in [5.74, 6) is 0.483. The maximum Gasteiger partial charge on any atom is 0.263 e. The third kappa shape index (κ3) is 3.36. The van der Waals surface area contributed by atoms with Gasteiger partial charge in [-0.15, -0.1) is 0 Å². The van der Waals surface area contributed by atoms with E-state index in [1.807, 2.05) is 24.3 Å². The second-order valence-corrected chi connectivity index (χ2v) is 7.84. The fourth-order valence-corrected chi connectivity index (χ4v) is 3.78. The maximum absolute atomic E-state index is 13.1. The summed E-state index contributed by atoms with van der Waals surface area (Å²) in [5.41, 5.74) is 1.24. The first-order valence-corrected chi connectivity index (χ1v) is 10.1. The highest BCUT2D eigenvalue weighted by Crippen LogP contribution is 2.33. The van der Waals surface area contributed by atoms with Gasteiger partial charge in [0.15, 0.2) is 12.1 Å². The highest BCUT2D eigenvalue weighted by atomic mass is 79.9. The van der Waals surface area contributed by atoms with Crippen LogP contribution in [-0.2, 0) is 16.1 Å². The molecule has 3 aromatic rings. The van der Waals surface area contributed by atoms with Gasteiger partial charge in [-0.2, -0.15) is 10.1 Å². The summed E-state index contributed by atoms with van der Waals surface area (Å²) in [6.45, 7) is 0.0592. The normalized spacial score (nSPS) is 19.9. The van der Waals surface area contributed by atoms with Crippen molar-refractivity contribution < 1.29 is 18.8 Å². The van der Waals surface area contributed by atoms with Crippen LogP contribution in [0, 0.1) is 0 Å². The Morgan fingerprint density at radius 1 is 1.06 bits per heavy atom. The van der Waals surface area contributed by atoms with Gasteiger partial charge in [-0.25, -0.2) is 4.90 Å². The second kappa shape index (κ2) is 7.58. The highest BCUT2D eigenvalue weighted by Gasteiger charge is 2.55. The molecular weight excluding hydrogens is 468 g/mol. The summed E-state index contributed by atoms with van der Waals surface area (Å²) in [6.07, 6.45) is 0. The van der Waals surface area contributed by atoms with E-state index in [2.05, 4.69) is 36.4 Å². The minimum absolute atomic E-state index is 0.0592. The molecule has 0 bridgehead atoms. The van der Waals surface area contributed by atoms with Gasteiger partial charge in [-0.05, 0) is 48.5 Å². The summed E-state index contributed by atoms with van der Waals surface area (Å²) in [7, 11) is 1.55. The molecule has 2 aliphatic rings. The maximum atomic E-state index is 13.1. The van der Waals surface area contributed by atoms with E-state index in [0.29, 0.717) is 17.3 Å². The molecule has 0 aliphatic carbocycles. The molecule has 31 heavy (non-hydrogen) atoms. The van der Waals surface area contributed by atoms with E-state index in [9.17, 15) is 9.59 Å². The number of fused-ring (bicyclic) bond motifs is 1. The van der Waals surface area contributed by atoms with Crippen molar-refractivity contribution >= 4 is 33.4 Å². The minimum Gasteiger partial charge on any atom is -0.497 e. The Labute approximate surface area is 184 Å². The minimum atomic E-state index is -0.900. The number of nitrogens with zero attached hydrogens (tertiary/aromatic N) is 6. The Morgan fingerprint density at radius 2 is 1.81 bits per heavy atom. The molecule has 156 valence electrons. The number of imide groups is 1. The molecule has 1 saturated heterocycles. The van der Waals surface area contributed by atoms with Gasteiger partial charge in [-0.1, -0.05) is 26.3 Å². The van der Waals surface area contributed by atoms with Gasteiger partial charge in [0.05, 0.1) is 12.8 Å². The lowest BCUT2D eigenvalue weighted by Crippen LogP contribution is -2.39. The summed E-state index contributed by atoms with van der Waals surface area (Å²) < 4.78 is 11.4. The van der Waals surface area contributed by atoms with Gasteiger partial charge in [0.1, 0.15) is 12.3 Å². The number of carbonyl (C=O) groups is 2. The zero-order chi connectivity index (χ0) is 21.5. The van der Waals surface area contributed by atoms with Gasteiger partial charge in [-0.3, -0.25) is 14.6 Å². The number of ether oxygens (including phenoxy) is 1. The number of methoxy groups -OCH3 is 1. The molecule has 3 heterocycles. The topological polar surface area (TPSA) is 113 Å². The van der Waals surface area contributed by atoms with E-state index >= 15 is 0 Å². The molecule has 2 aliphatic heterocycles. The first-order valence-electron chi connectivity index (χ1n) is 9.33. The monoisotopic (exact) mass is 482 g/mol. The van der Waals surface area contributed by atoms with Crippen LogP contribution in [0.15, 0.2) is 67.9 Å². The quantitative estimate of drug-likeness (QED) is 0.513. The summed E-state index contributed by atoms with van der Waals surface area (Å²) in [5, 5.41) is 13.4. The molecule has 2 aromatic carbocycles. The van der Waals surface area contributed by atoms with Crippen molar-refractivity contribution in [3.8, 4) is 17.1 Å². The Morgan fingerprint density at radius 3 is 2.52 bits per heavy atom. The first-order chi connectivity index (χ1) is 15.0. The summed E-state index contributed by atoms with van der Waals surface area (Å²) in [6, 6.07) is 12.4. The fraction of sp³-hybridized carbons (Fsp3) is 0.200. The van der Waals surface area contributed by atoms with E-state index in [4.69, 9.17) is 9.26 Å². The average Bonchev–Trinajstić information content (AvgIpc) is 3.47. The zero-order valence-corrected chi connectivity index (χ0v) is 17.8. The van der Waals surface area contributed by atoms with Crippen LogP contribution in [0.3, 0.4) is 0 Å². The SMILES string of the molecule is COc1ccc(N2C(=O)C3N=NN(Cc4nc(-c5ccc(Br)cc5)no4)C3C2=O)cc1. The number of halogens is 1. The molecule has 11 heteroatoms. The van der Waals surface area contributed by atoms with E-state index in [-0.39, 0.29) is 12.4 Å².